The fourth-order valence-electron chi connectivity index (χ4n) is 1.24. The largest absolute Gasteiger partial charge is 0.497 e. The van der Waals surface area contributed by atoms with Crippen LogP contribution in [0.5, 0.6) is 5.75 Å². The van der Waals surface area contributed by atoms with E-state index in [1.165, 1.54) is 6.92 Å². The van der Waals surface area contributed by atoms with E-state index in [1.807, 2.05) is 13.0 Å². The number of rotatable bonds is 2. The Morgan fingerprint density at radius 1 is 1.50 bits per heavy atom. The molecule has 1 aromatic carbocycles. The second-order valence-electron chi connectivity index (χ2n) is 3.09. The minimum atomic E-state index is -0.134. The molecule has 0 aliphatic rings. The number of hydrogen-bond donors (Lipinski definition) is 2. The minimum absolute atomic E-state index is 0.134. The summed E-state index contributed by atoms with van der Waals surface area (Å²) in [5.41, 5.74) is 7.80. The lowest BCUT2D eigenvalue weighted by Gasteiger charge is -2.11. The maximum atomic E-state index is 10.9. The van der Waals surface area contributed by atoms with Gasteiger partial charge < -0.3 is 15.8 Å². The Morgan fingerprint density at radius 2 is 2.14 bits per heavy atom. The van der Waals surface area contributed by atoms with Crippen LogP contribution in [0, 0.1) is 6.92 Å². The van der Waals surface area contributed by atoms with Crippen molar-refractivity contribution in [3.05, 3.63) is 17.7 Å². The molecule has 0 heterocycles. The zero-order chi connectivity index (χ0) is 10.7. The van der Waals surface area contributed by atoms with Crippen LogP contribution < -0.4 is 15.8 Å². The molecule has 0 saturated carbocycles. The molecular weight excluding hydrogens is 180 g/mol. The van der Waals surface area contributed by atoms with Gasteiger partial charge in [0.2, 0.25) is 5.91 Å². The van der Waals surface area contributed by atoms with E-state index in [0.29, 0.717) is 17.1 Å². The Kier molecular flexibility index (Phi) is 2.96. The third-order valence-corrected chi connectivity index (χ3v) is 1.88. The fourth-order valence-corrected chi connectivity index (χ4v) is 1.24. The predicted octanol–water partition coefficient (Wildman–Crippen LogP) is 1.54. The number of methoxy groups -OCH3 is 1. The SMILES string of the molecule is COc1cc(C)c(NC(C)=O)c(N)c1. The predicted molar refractivity (Wildman–Crippen MR) is 56.4 cm³/mol. The lowest BCUT2D eigenvalue weighted by molar-refractivity contribution is -0.114. The molecule has 0 aliphatic carbocycles. The molecule has 0 atom stereocenters. The summed E-state index contributed by atoms with van der Waals surface area (Å²) in [6.07, 6.45) is 0. The molecule has 1 rings (SSSR count). The van der Waals surface area contributed by atoms with E-state index < -0.39 is 0 Å². The molecule has 0 fully saturated rings. The highest BCUT2D eigenvalue weighted by atomic mass is 16.5. The van der Waals surface area contributed by atoms with Crippen molar-refractivity contribution in [3.63, 3.8) is 0 Å². The summed E-state index contributed by atoms with van der Waals surface area (Å²) < 4.78 is 5.04. The number of anilines is 2. The molecule has 1 aromatic rings. The zero-order valence-corrected chi connectivity index (χ0v) is 8.55. The van der Waals surface area contributed by atoms with Gasteiger partial charge in [0, 0.05) is 13.0 Å². The number of nitrogens with one attached hydrogen (secondary N) is 1. The second-order valence-corrected chi connectivity index (χ2v) is 3.09. The van der Waals surface area contributed by atoms with Gasteiger partial charge in [0.05, 0.1) is 18.5 Å². The van der Waals surface area contributed by atoms with Crippen LogP contribution in [0.25, 0.3) is 0 Å². The molecule has 4 heteroatoms. The van der Waals surface area contributed by atoms with Gasteiger partial charge in [0.15, 0.2) is 0 Å². The highest BCUT2D eigenvalue weighted by molar-refractivity contribution is 5.93. The highest BCUT2D eigenvalue weighted by Gasteiger charge is 2.06. The van der Waals surface area contributed by atoms with Crippen LogP contribution in [0.15, 0.2) is 12.1 Å². The van der Waals surface area contributed by atoms with Crippen LogP contribution >= 0.6 is 0 Å². The van der Waals surface area contributed by atoms with E-state index in [2.05, 4.69) is 5.32 Å². The molecule has 1 amide bonds. The lowest BCUT2D eigenvalue weighted by Crippen LogP contribution is -2.09. The summed E-state index contributed by atoms with van der Waals surface area (Å²) in [6.45, 7) is 3.31. The molecule has 0 radical (unpaired) electrons. The topological polar surface area (TPSA) is 64.3 Å². The maximum Gasteiger partial charge on any atom is 0.221 e. The monoisotopic (exact) mass is 194 g/mol. The number of benzene rings is 1. The Labute approximate surface area is 83.1 Å². The molecule has 4 nitrogen and oxygen atoms in total. The summed E-state index contributed by atoms with van der Waals surface area (Å²) in [4.78, 5) is 10.9. The molecule has 0 saturated heterocycles. The zero-order valence-electron chi connectivity index (χ0n) is 8.55. The van der Waals surface area contributed by atoms with E-state index in [9.17, 15) is 4.79 Å². The van der Waals surface area contributed by atoms with Gasteiger partial charge in [-0.1, -0.05) is 0 Å². The van der Waals surface area contributed by atoms with Gasteiger partial charge in [-0.2, -0.15) is 0 Å². The first-order chi connectivity index (χ1) is 6.54. The number of carbonyl (C=O) groups excluding carboxylic acids is 1. The summed E-state index contributed by atoms with van der Waals surface area (Å²) in [7, 11) is 1.58. The van der Waals surface area contributed by atoms with Crippen molar-refractivity contribution in [2.24, 2.45) is 0 Å². The van der Waals surface area contributed by atoms with Gasteiger partial charge in [-0.05, 0) is 18.6 Å². The quantitative estimate of drug-likeness (QED) is 0.702. The molecule has 14 heavy (non-hydrogen) atoms. The number of aryl methyl sites for hydroxylation is 1. The van der Waals surface area contributed by atoms with Crippen LogP contribution in [-0.2, 0) is 4.79 Å². The summed E-state index contributed by atoms with van der Waals surface area (Å²) in [6, 6.07) is 3.50. The van der Waals surface area contributed by atoms with E-state index >= 15 is 0 Å². The van der Waals surface area contributed by atoms with E-state index in [0.717, 1.165) is 5.56 Å². The van der Waals surface area contributed by atoms with Crippen LogP contribution in [0.2, 0.25) is 0 Å². The van der Waals surface area contributed by atoms with Gasteiger partial charge in [0.1, 0.15) is 5.75 Å². The average Bonchev–Trinajstić information content (AvgIpc) is 2.10. The number of nitrogens with two attached hydrogens (primary N) is 1. The van der Waals surface area contributed by atoms with Crippen molar-refractivity contribution in [2.75, 3.05) is 18.2 Å². The Morgan fingerprint density at radius 3 is 2.57 bits per heavy atom. The van der Waals surface area contributed by atoms with Crippen molar-refractivity contribution >= 4 is 17.3 Å². The van der Waals surface area contributed by atoms with Crippen molar-refractivity contribution < 1.29 is 9.53 Å². The van der Waals surface area contributed by atoms with E-state index in [4.69, 9.17) is 10.5 Å². The number of ether oxygens (including phenoxy) is 1. The number of amides is 1. The van der Waals surface area contributed by atoms with Crippen molar-refractivity contribution in [2.45, 2.75) is 13.8 Å². The van der Waals surface area contributed by atoms with Crippen molar-refractivity contribution in [3.8, 4) is 5.75 Å². The number of carbonyl (C=O) groups is 1. The van der Waals surface area contributed by atoms with Crippen LogP contribution in [0.4, 0.5) is 11.4 Å². The molecule has 0 aliphatic heterocycles. The first-order valence-corrected chi connectivity index (χ1v) is 4.26. The van der Waals surface area contributed by atoms with Crippen molar-refractivity contribution in [1.29, 1.82) is 0 Å². The van der Waals surface area contributed by atoms with E-state index in [-0.39, 0.29) is 5.91 Å². The molecular formula is C10H14N2O2. The Balaban J connectivity index is 3.11. The van der Waals surface area contributed by atoms with Gasteiger partial charge in [-0.25, -0.2) is 0 Å². The van der Waals surface area contributed by atoms with Crippen LogP contribution in [-0.4, -0.2) is 13.0 Å². The third-order valence-electron chi connectivity index (χ3n) is 1.88. The van der Waals surface area contributed by atoms with Gasteiger partial charge in [-0.15, -0.1) is 0 Å². The maximum absolute atomic E-state index is 10.9. The van der Waals surface area contributed by atoms with E-state index in [1.54, 1.807) is 13.2 Å². The number of hydrogen-bond acceptors (Lipinski definition) is 3. The van der Waals surface area contributed by atoms with Crippen LogP contribution in [0.3, 0.4) is 0 Å². The molecule has 0 bridgehead atoms. The Bertz CT molecular complexity index is 338. The van der Waals surface area contributed by atoms with Gasteiger partial charge in [-0.3, -0.25) is 4.79 Å². The summed E-state index contributed by atoms with van der Waals surface area (Å²) >= 11 is 0. The average molecular weight is 194 g/mol. The van der Waals surface area contributed by atoms with Crippen molar-refractivity contribution in [1.82, 2.24) is 0 Å². The first-order valence-electron chi connectivity index (χ1n) is 4.26. The van der Waals surface area contributed by atoms with Crippen LogP contribution in [0.1, 0.15) is 12.5 Å². The standard InChI is InChI=1S/C10H14N2O2/c1-6-4-8(14-3)5-9(11)10(6)12-7(2)13/h4-5H,11H2,1-3H3,(H,12,13). The molecule has 76 valence electrons. The normalized spacial score (nSPS) is 9.64. The molecule has 0 unspecified atom stereocenters. The molecule has 0 spiro atoms. The number of nitrogen functional groups attached to an aromatic ring is 1. The van der Waals surface area contributed by atoms with Gasteiger partial charge in [0.25, 0.3) is 0 Å². The third kappa shape index (κ3) is 2.16. The summed E-state index contributed by atoms with van der Waals surface area (Å²) in [5.74, 6) is 0.555. The fraction of sp³-hybridized carbons (Fsp3) is 0.300. The second kappa shape index (κ2) is 4.00. The van der Waals surface area contributed by atoms with Gasteiger partial charge >= 0.3 is 0 Å². The minimum Gasteiger partial charge on any atom is -0.497 e. The smallest absolute Gasteiger partial charge is 0.221 e. The molecule has 0 aromatic heterocycles. The Hall–Kier alpha value is -1.71. The first kappa shape index (κ1) is 10.4. The highest BCUT2D eigenvalue weighted by Crippen LogP contribution is 2.28. The summed E-state index contributed by atoms with van der Waals surface area (Å²) in [5, 5.41) is 2.67. The molecule has 3 N–H and O–H groups in total. The lowest BCUT2D eigenvalue weighted by atomic mass is 10.1.